The summed E-state index contributed by atoms with van der Waals surface area (Å²) in [5, 5.41) is 17.1. The van der Waals surface area contributed by atoms with Gasteiger partial charge in [0.25, 0.3) is 0 Å². The lowest BCUT2D eigenvalue weighted by Crippen LogP contribution is -1.90. The highest BCUT2D eigenvalue weighted by molar-refractivity contribution is 5.78. The van der Waals surface area contributed by atoms with Crippen LogP contribution in [-0.2, 0) is 6.42 Å². The Morgan fingerprint density at radius 3 is 2.54 bits per heavy atom. The van der Waals surface area contributed by atoms with E-state index in [2.05, 4.69) is 4.99 Å². The maximum Gasteiger partial charge on any atom is 0.430 e. The van der Waals surface area contributed by atoms with E-state index in [1.165, 1.54) is 6.21 Å². The van der Waals surface area contributed by atoms with Gasteiger partial charge in [0.2, 0.25) is 0 Å². The van der Waals surface area contributed by atoms with Crippen molar-refractivity contribution in [3.63, 3.8) is 0 Å². The SMILES string of the molecule is O=C(O)/N=C/Cc1ccc(O)cc1. The van der Waals surface area contributed by atoms with Crippen molar-refractivity contribution in [3.05, 3.63) is 29.8 Å². The molecule has 2 N–H and O–H groups in total. The normalized spacial score (nSPS) is 10.5. The molecule has 0 bridgehead atoms. The highest BCUT2D eigenvalue weighted by atomic mass is 16.4. The van der Waals surface area contributed by atoms with E-state index in [4.69, 9.17) is 10.2 Å². The zero-order valence-corrected chi connectivity index (χ0v) is 6.84. The van der Waals surface area contributed by atoms with Gasteiger partial charge in [-0.2, -0.15) is 4.99 Å². The first kappa shape index (κ1) is 9.25. The summed E-state index contributed by atoms with van der Waals surface area (Å²) in [6.07, 6.45) is 0.570. The topological polar surface area (TPSA) is 69.9 Å². The Bertz CT molecular complexity index is 316. The van der Waals surface area contributed by atoms with Gasteiger partial charge < -0.3 is 10.2 Å². The maximum atomic E-state index is 10.0. The molecule has 68 valence electrons. The number of aromatic hydroxyl groups is 1. The van der Waals surface area contributed by atoms with Crippen LogP contribution >= 0.6 is 0 Å². The summed E-state index contributed by atoms with van der Waals surface area (Å²) < 4.78 is 0. The van der Waals surface area contributed by atoms with Gasteiger partial charge in [-0.05, 0) is 17.7 Å². The quantitative estimate of drug-likeness (QED) is 0.678. The van der Waals surface area contributed by atoms with Gasteiger partial charge in [-0.3, -0.25) is 0 Å². The van der Waals surface area contributed by atoms with Gasteiger partial charge in [0.05, 0.1) is 0 Å². The highest BCUT2D eigenvalue weighted by Crippen LogP contribution is 2.09. The van der Waals surface area contributed by atoms with E-state index < -0.39 is 6.09 Å². The number of benzene rings is 1. The first-order valence-electron chi connectivity index (χ1n) is 3.72. The summed E-state index contributed by atoms with van der Waals surface area (Å²) >= 11 is 0. The van der Waals surface area contributed by atoms with Gasteiger partial charge in [-0.1, -0.05) is 12.1 Å². The van der Waals surface area contributed by atoms with Crippen LogP contribution in [0.3, 0.4) is 0 Å². The molecule has 4 heteroatoms. The molecule has 0 aliphatic carbocycles. The van der Waals surface area contributed by atoms with E-state index in [9.17, 15) is 4.79 Å². The molecule has 1 aromatic rings. The summed E-state index contributed by atoms with van der Waals surface area (Å²) in [6.45, 7) is 0. The van der Waals surface area contributed by atoms with Gasteiger partial charge in [0.1, 0.15) is 5.75 Å². The molecular weight excluding hydrogens is 170 g/mol. The molecule has 0 spiro atoms. The Morgan fingerprint density at radius 2 is 2.00 bits per heavy atom. The highest BCUT2D eigenvalue weighted by Gasteiger charge is 1.91. The fourth-order valence-corrected chi connectivity index (χ4v) is 0.861. The van der Waals surface area contributed by atoms with Crippen LogP contribution in [0, 0.1) is 0 Å². The molecule has 1 aromatic carbocycles. The zero-order chi connectivity index (χ0) is 9.68. The molecule has 0 saturated heterocycles. The number of phenols is 1. The third-order valence-electron chi connectivity index (χ3n) is 1.47. The number of hydrogen-bond acceptors (Lipinski definition) is 2. The molecular formula is C9H9NO3. The van der Waals surface area contributed by atoms with Crippen LogP contribution in [-0.4, -0.2) is 22.5 Å². The predicted molar refractivity (Wildman–Crippen MR) is 48.3 cm³/mol. The summed E-state index contributed by atoms with van der Waals surface area (Å²) in [6, 6.07) is 6.51. The third-order valence-corrected chi connectivity index (χ3v) is 1.47. The molecule has 0 unspecified atom stereocenters. The molecule has 0 atom stereocenters. The molecule has 0 aliphatic rings. The molecule has 0 aromatic heterocycles. The number of aliphatic imine (C=N–C) groups is 1. The van der Waals surface area contributed by atoms with Gasteiger partial charge in [-0.25, -0.2) is 4.79 Å². The summed E-state index contributed by atoms with van der Waals surface area (Å²) in [5.41, 5.74) is 0.905. The number of phenolic OH excluding ortho intramolecular Hbond substituents is 1. The molecule has 1 rings (SSSR count). The lowest BCUT2D eigenvalue weighted by Gasteiger charge is -1.94. The molecule has 0 aliphatic heterocycles. The first-order chi connectivity index (χ1) is 6.18. The minimum atomic E-state index is -1.20. The standard InChI is InChI=1S/C9H9NO3/c11-8-3-1-7(2-4-8)5-6-10-9(12)13/h1-4,6,11H,5H2,(H,12,13)/b10-6+. The molecule has 4 nitrogen and oxygen atoms in total. The van der Waals surface area contributed by atoms with E-state index >= 15 is 0 Å². The van der Waals surface area contributed by atoms with Gasteiger partial charge in [0, 0.05) is 12.6 Å². The second kappa shape index (κ2) is 4.25. The van der Waals surface area contributed by atoms with Crippen LogP contribution in [0.2, 0.25) is 0 Å². The van der Waals surface area contributed by atoms with Crippen LogP contribution in [0.1, 0.15) is 5.56 Å². The molecule has 13 heavy (non-hydrogen) atoms. The largest absolute Gasteiger partial charge is 0.508 e. The zero-order valence-electron chi connectivity index (χ0n) is 6.84. The molecule has 0 fully saturated rings. The smallest absolute Gasteiger partial charge is 0.430 e. The second-order valence-electron chi connectivity index (χ2n) is 2.46. The maximum absolute atomic E-state index is 10.0. The van der Waals surface area contributed by atoms with Gasteiger partial charge >= 0.3 is 6.09 Å². The van der Waals surface area contributed by atoms with Crippen LogP contribution < -0.4 is 0 Å². The third kappa shape index (κ3) is 3.37. The average Bonchev–Trinajstić information content (AvgIpc) is 2.08. The van der Waals surface area contributed by atoms with E-state index in [0.717, 1.165) is 5.56 Å². The Hall–Kier alpha value is -1.84. The number of nitrogens with zero attached hydrogens (tertiary/aromatic N) is 1. The lowest BCUT2D eigenvalue weighted by atomic mass is 10.2. The minimum absolute atomic E-state index is 0.193. The first-order valence-corrected chi connectivity index (χ1v) is 3.72. The second-order valence-corrected chi connectivity index (χ2v) is 2.46. The van der Waals surface area contributed by atoms with Crippen LogP contribution in [0.25, 0.3) is 0 Å². The van der Waals surface area contributed by atoms with Crippen molar-refractivity contribution in [3.8, 4) is 5.75 Å². The van der Waals surface area contributed by atoms with Crippen molar-refractivity contribution in [2.24, 2.45) is 4.99 Å². The predicted octanol–water partition coefficient (Wildman–Crippen LogP) is 1.68. The minimum Gasteiger partial charge on any atom is -0.508 e. The van der Waals surface area contributed by atoms with Crippen molar-refractivity contribution in [2.75, 3.05) is 0 Å². The average molecular weight is 179 g/mol. The monoisotopic (exact) mass is 179 g/mol. The van der Waals surface area contributed by atoms with Crippen LogP contribution in [0.4, 0.5) is 4.79 Å². The number of amides is 1. The number of hydrogen-bond donors (Lipinski definition) is 2. The number of carboxylic acid groups (broad SMARTS) is 1. The molecule has 0 heterocycles. The Kier molecular flexibility index (Phi) is 3.03. The summed E-state index contributed by atoms with van der Waals surface area (Å²) in [5.74, 6) is 0.193. The van der Waals surface area contributed by atoms with Gasteiger partial charge in [0.15, 0.2) is 0 Å². The Labute approximate surface area is 75.2 Å². The van der Waals surface area contributed by atoms with Crippen molar-refractivity contribution < 1.29 is 15.0 Å². The Morgan fingerprint density at radius 1 is 1.38 bits per heavy atom. The van der Waals surface area contributed by atoms with E-state index in [1.807, 2.05) is 0 Å². The van der Waals surface area contributed by atoms with Crippen molar-refractivity contribution in [1.82, 2.24) is 0 Å². The van der Waals surface area contributed by atoms with E-state index in [-0.39, 0.29) is 5.75 Å². The summed E-state index contributed by atoms with van der Waals surface area (Å²) in [4.78, 5) is 13.2. The van der Waals surface area contributed by atoms with Crippen molar-refractivity contribution >= 4 is 12.3 Å². The van der Waals surface area contributed by atoms with E-state index in [0.29, 0.717) is 6.42 Å². The number of carbonyl (C=O) groups is 1. The fourth-order valence-electron chi connectivity index (χ4n) is 0.861. The van der Waals surface area contributed by atoms with Crippen LogP contribution in [0.15, 0.2) is 29.3 Å². The molecule has 0 saturated carbocycles. The molecule has 0 radical (unpaired) electrons. The Balaban J connectivity index is 2.55. The van der Waals surface area contributed by atoms with Crippen molar-refractivity contribution in [2.45, 2.75) is 6.42 Å². The summed E-state index contributed by atoms with van der Waals surface area (Å²) in [7, 11) is 0. The van der Waals surface area contributed by atoms with Crippen LogP contribution in [0.5, 0.6) is 5.75 Å². The van der Waals surface area contributed by atoms with E-state index in [1.54, 1.807) is 24.3 Å². The molecule has 1 amide bonds. The number of rotatable bonds is 2. The fraction of sp³-hybridized carbons (Fsp3) is 0.111. The van der Waals surface area contributed by atoms with Gasteiger partial charge in [-0.15, -0.1) is 0 Å². The lowest BCUT2D eigenvalue weighted by molar-refractivity contribution is 0.206. The van der Waals surface area contributed by atoms with Crippen molar-refractivity contribution in [1.29, 1.82) is 0 Å².